The van der Waals surface area contributed by atoms with Crippen LogP contribution in [0.4, 0.5) is 5.69 Å². The summed E-state index contributed by atoms with van der Waals surface area (Å²) < 4.78 is 1.68. The zero-order valence-electron chi connectivity index (χ0n) is 14.4. The highest BCUT2D eigenvalue weighted by molar-refractivity contribution is 6.32. The molecule has 0 spiro atoms. The maximum atomic E-state index is 13.2. The van der Waals surface area contributed by atoms with Crippen molar-refractivity contribution in [2.75, 3.05) is 11.4 Å². The fraction of sp³-hybridized carbons (Fsp3) is 0.200. The largest absolute Gasteiger partial charge is 0.308 e. The third kappa shape index (κ3) is 3.11. The van der Waals surface area contributed by atoms with Crippen molar-refractivity contribution < 1.29 is 4.79 Å². The highest BCUT2D eigenvalue weighted by atomic mass is 35.5. The lowest BCUT2D eigenvalue weighted by Crippen LogP contribution is -2.39. The summed E-state index contributed by atoms with van der Waals surface area (Å²) in [6, 6.07) is 15.4. The standard InChI is InChI=1S/C20H19ClN4O/c1-14-13-24(18-6-3-2-5-16(18)12-22-14)20(26)15-7-8-19(17(21)11-15)25-10-4-9-23-25/h2-11,14,22H,12-13H2,1H3/t14-/m1/s1. The number of nitrogens with one attached hydrogen (secondary N) is 1. The summed E-state index contributed by atoms with van der Waals surface area (Å²) >= 11 is 6.42. The Balaban J connectivity index is 1.70. The van der Waals surface area contributed by atoms with E-state index in [1.54, 1.807) is 23.0 Å². The first kappa shape index (κ1) is 16.8. The number of carbonyl (C=O) groups is 1. The van der Waals surface area contributed by atoms with E-state index in [-0.39, 0.29) is 11.9 Å². The van der Waals surface area contributed by atoms with Crippen molar-refractivity contribution >= 4 is 23.2 Å². The van der Waals surface area contributed by atoms with E-state index in [1.165, 1.54) is 0 Å². The quantitative estimate of drug-likeness (QED) is 0.753. The lowest BCUT2D eigenvalue weighted by molar-refractivity contribution is 0.0985. The van der Waals surface area contributed by atoms with Gasteiger partial charge in [-0.05, 0) is 42.8 Å². The van der Waals surface area contributed by atoms with E-state index < -0.39 is 0 Å². The van der Waals surface area contributed by atoms with E-state index in [0.717, 1.165) is 23.5 Å². The molecule has 132 valence electrons. The Kier molecular flexibility index (Phi) is 4.49. The number of amides is 1. The summed E-state index contributed by atoms with van der Waals surface area (Å²) in [6.07, 6.45) is 3.51. The number of halogens is 1. The van der Waals surface area contributed by atoms with Crippen LogP contribution >= 0.6 is 11.6 Å². The molecule has 2 aromatic carbocycles. The van der Waals surface area contributed by atoms with Gasteiger partial charge in [0.1, 0.15) is 0 Å². The number of fused-ring (bicyclic) bond motifs is 1. The summed E-state index contributed by atoms with van der Waals surface area (Å²) in [5.74, 6) is -0.0538. The first-order valence-electron chi connectivity index (χ1n) is 8.56. The Bertz CT molecular complexity index is 939. The summed E-state index contributed by atoms with van der Waals surface area (Å²) in [7, 11) is 0. The van der Waals surface area contributed by atoms with E-state index >= 15 is 0 Å². The maximum absolute atomic E-state index is 13.2. The number of carbonyl (C=O) groups excluding carboxylic acids is 1. The molecule has 1 amide bonds. The number of anilines is 1. The van der Waals surface area contributed by atoms with Gasteiger partial charge in [-0.1, -0.05) is 29.8 Å². The molecule has 0 fully saturated rings. The third-order valence-corrected chi connectivity index (χ3v) is 4.87. The minimum absolute atomic E-state index is 0.0538. The van der Waals surface area contributed by atoms with Gasteiger partial charge >= 0.3 is 0 Å². The van der Waals surface area contributed by atoms with Gasteiger partial charge in [0.05, 0.1) is 10.7 Å². The number of para-hydroxylation sites is 1. The van der Waals surface area contributed by atoms with Gasteiger partial charge in [-0.15, -0.1) is 0 Å². The molecule has 0 aliphatic carbocycles. The predicted molar refractivity (Wildman–Crippen MR) is 103 cm³/mol. The topological polar surface area (TPSA) is 50.2 Å². The Morgan fingerprint density at radius 3 is 2.81 bits per heavy atom. The van der Waals surface area contributed by atoms with E-state index in [9.17, 15) is 4.79 Å². The van der Waals surface area contributed by atoms with Crippen molar-refractivity contribution in [3.05, 3.63) is 77.1 Å². The van der Waals surface area contributed by atoms with Gasteiger partial charge in [0.2, 0.25) is 0 Å². The van der Waals surface area contributed by atoms with Gasteiger partial charge in [-0.2, -0.15) is 5.10 Å². The molecule has 1 aliphatic heterocycles. The van der Waals surface area contributed by atoms with Crippen LogP contribution in [0.15, 0.2) is 60.9 Å². The molecule has 1 aromatic heterocycles. The maximum Gasteiger partial charge on any atom is 0.258 e. The van der Waals surface area contributed by atoms with E-state index in [4.69, 9.17) is 11.6 Å². The van der Waals surface area contributed by atoms with Gasteiger partial charge in [0.15, 0.2) is 0 Å². The lowest BCUT2D eigenvalue weighted by Gasteiger charge is -2.24. The highest BCUT2D eigenvalue weighted by Crippen LogP contribution is 2.27. The number of hydrogen-bond acceptors (Lipinski definition) is 3. The normalized spacial score (nSPS) is 16.8. The number of aromatic nitrogens is 2. The first-order chi connectivity index (χ1) is 12.6. The second kappa shape index (κ2) is 6.94. The molecule has 3 aromatic rings. The smallest absolute Gasteiger partial charge is 0.258 e. The number of benzene rings is 2. The fourth-order valence-corrected chi connectivity index (χ4v) is 3.50. The van der Waals surface area contributed by atoms with Crippen LogP contribution in [-0.2, 0) is 6.54 Å². The lowest BCUT2D eigenvalue weighted by atomic mass is 10.1. The monoisotopic (exact) mass is 366 g/mol. The minimum atomic E-state index is -0.0538. The summed E-state index contributed by atoms with van der Waals surface area (Å²) in [5, 5.41) is 8.13. The Morgan fingerprint density at radius 1 is 1.19 bits per heavy atom. The van der Waals surface area contributed by atoms with Crippen LogP contribution in [0.1, 0.15) is 22.8 Å². The highest BCUT2D eigenvalue weighted by Gasteiger charge is 2.25. The van der Waals surface area contributed by atoms with Crippen LogP contribution in [0.3, 0.4) is 0 Å². The molecule has 26 heavy (non-hydrogen) atoms. The Labute approximate surface area is 157 Å². The molecule has 1 N–H and O–H groups in total. The number of rotatable bonds is 2. The van der Waals surface area contributed by atoms with Crippen LogP contribution < -0.4 is 10.2 Å². The zero-order valence-corrected chi connectivity index (χ0v) is 15.1. The molecule has 1 atom stereocenters. The fourth-order valence-electron chi connectivity index (χ4n) is 3.23. The molecular weight excluding hydrogens is 348 g/mol. The van der Waals surface area contributed by atoms with E-state index in [1.807, 2.05) is 41.4 Å². The van der Waals surface area contributed by atoms with Crippen molar-refractivity contribution in [2.45, 2.75) is 19.5 Å². The molecule has 0 radical (unpaired) electrons. The summed E-state index contributed by atoms with van der Waals surface area (Å²) in [5.41, 5.74) is 3.38. The SMILES string of the molecule is C[C@@H]1CN(C(=O)c2ccc(-n3cccn3)c(Cl)c2)c2ccccc2CN1. The summed E-state index contributed by atoms with van der Waals surface area (Å²) in [6.45, 7) is 3.44. The van der Waals surface area contributed by atoms with Crippen LogP contribution in [0.25, 0.3) is 5.69 Å². The molecule has 6 heteroatoms. The number of nitrogens with zero attached hydrogens (tertiary/aromatic N) is 3. The van der Waals surface area contributed by atoms with Crippen molar-refractivity contribution in [3.63, 3.8) is 0 Å². The number of hydrogen-bond donors (Lipinski definition) is 1. The molecule has 0 unspecified atom stereocenters. The second-order valence-electron chi connectivity index (χ2n) is 6.44. The van der Waals surface area contributed by atoms with E-state index in [0.29, 0.717) is 17.1 Å². The van der Waals surface area contributed by atoms with E-state index in [2.05, 4.69) is 23.4 Å². The predicted octanol–water partition coefficient (Wildman–Crippen LogP) is 3.66. The Hall–Kier alpha value is -2.63. The van der Waals surface area contributed by atoms with Crippen LogP contribution in [0.2, 0.25) is 5.02 Å². The molecule has 5 nitrogen and oxygen atoms in total. The van der Waals surface area contributed by atoms with Crippen molar-refractivity contribution in [1.29, 1.82) is 0 Å². The molecule has 2 heterocycles. The molecule has 1 aliphatic rings. The molecule has 0 saturated heterocycles. The average molecular weight is 367 g/mol. The van der Waals surface area contributed by atoms with Gasteiger partial charge in [0.25, 0.3) is 5.91 Å². The van der Waals surface area contributed by atoms with Crippen LogP contribution in [0, 0.1) is 0 Å². The average Bonchev–Trinajstić information content (AvgIpc) is 3.12. The van der Waals surface area contributed by atoms with Gasteiger partial charge in [-0.3, -0.25) is 4.79 Å². The third-order valence-electron chi connectivity index (χ3n) is 4.57. The van der Waals surface area contributed by atoms with Crippen LogP contribution in [0.5, 0.6) is 0 Å². The minimum Gasteiger partial charge on any atom is -0.308 e. The van der Waals surface area contributed by atoms with Gasteiger partial charge in [0, 0.05) is 42.8 Å². The van der Waals surface area contributed by atoms with Crippen molar-refractivity contribution in [2.24, 2.45) is 0 Å². The Morgan fingerprint density at radius 2 is 2.04 bits per heavy atom. The zero-order chi connectivity index (χ0) is 18.1. The summed E-state index contributed by atoms with van der Waals surface area (Å²) in [4.78, 5) is 15.1. The van der Waals surface area contributed by atoms with Gasteiger partial charge < -0.3 is 10.2 Å². The van der Waals surface area contributed by atoms with Crippen LogP contribution in [-0.4, -0.2) is 28.3 Å². The van der Waals surface area contributed by atoms with Gasteiger partial charge in [-0.25, -0.2) is 4.68 Å². The molecule has 0 saturated carbocycles. The first-order valence-corrected chi connectivity index (χ1v) is 8.94. The van der Waals surface area contributed by atoms with Crippen molar-refractivity contribution in [3.8, 4) is 5.69 Å². The van der Waals surface area contributed by atoms with Crippen molar-refractivity contribution in [1.82, 2.24) is 15.1 Å². The molecular formula is C20H19ClN4O. The molecule has 0 bridgehead atoms. The molecule has 4 rings (SSSR count). The second-order valence-corrected chi connectivity index (χ2v) is 6.85.